The summed E-state index contributed by atoms with van der Waals surface area (Å²) in [7, 11) is 0. The zero-order valence-electron chi connectivity index (χ0n) is 14.6. The molecule has 0 spiro atoms. The maximum absolute atomic E-state index is 12.7. The minimum absolute atomic E-state index is 0.00151. The van der Waals surface area contributed by atoms with Crippen LogP contribution in [-0.4, -0.2) is 58.4 Å². The van der Waals surface area contributed by atoms with Crippen molar-refractivity contribution in [2.45, 2.75) is 50.6 Å². The van der Waals surface area contributed by atoms with Crippen LogP contribution < -0.4 is 5.32 Å². The van der Waals surface area contributed by atoms with E-state index in [1.54, 1.807) is 24.5 Å². The van der Waals surface area contributed by atoms with Crippen LogP contribution in [0.25, 0.3) is 0 Å². The van der Waals surface area contributed by atoms with Gasteiger partial charge in [0, 0.05) is 44.1 Å². The molecule has 2 atom stereocenters. The molecule has 6 heteroatoms. The van der Waals surface area contributed by atoms with Crippen molar-refractivity contribution in [3.63, 3.8) is 0 Å². The molecule has 3 fully saturated rings. The van der Waals surface area contributed by atoms with E-state index in [0.717, 1.165) is 25.8 Å². The largest absolute Gasteiger partial charge is 0.336 e. The molecule has 2 unspecified atom stereocenters. The fraction of sp³-hybridized carbons (Fsp3) is 0.632. The normalized spacial score (nSPS) is 26.6. The highest BCUT2D eigenvalue weighted by molar-refractivity contribution is 5.94. The smallest absolute Gasteiger partial charge is 0.317 e. The second kappa shape index (κ2) is 7.02. The molecule has 6 nitrogen and oxygen atoms in total. The van der Waals surface area contributed by atoms with Crippen LogP contribution >= 0.6 is 0 Å². The summed E-state index contributed by atoms with van der Waals surface area (Å²) in [5.41, 5.74) is 0.610. The third-order valence-electron chi connectivity index (χ3n) is 5.97. The number of aromatic nitrogens is 1. The molecule has 3 aliphatic rings. The fourth-order valence-corrected chi connectivity index (χ4v) is 4.35. The van der Waals surface area contributed by atoms with Gasteiger partial charge in [-0.25, -0.2) is 4.79 Å². The second-order valence-corrected chi connectivity index (χ2v) is 7.52. The molecule has 2 aliphatic heterocycles. The van der Waals surface area contributed by atoms with E-state index in [9.17, 15) is 9.59 Å². The molecule has 1 aliphatic carbocycles. The van der Waals surface area contributed by atoms with Crippen LogP contribution in [0.5, 0.6) is 0 Å². The van der Waals surface area contributed by atoms with E-state index in [-0.39, 0.29) is 18.0 Å². The summed E-state index contributed by atoms with van der Waals surface area (Å²) in [4.78, 5) is 33.1. The number of carbonyl (C=O) groups excluding carboxylic acids is 2. The Hall–Kier alpha value is -2.11. The molecule has 1 aromatic heterocycles. The zero-order chi connectivity index (χ0) is 17.2. The Balaban J connectivity index is 1.31. The van der Waals surface area contributed by atoms with Gasteiger partial charge in [-0.15, -0.1) is 0 Å². The Kier molecular flexibility index (Phi) is 4.59. The number of likely N-dealkylation sites (tertiary alicyclic amines) is 2. The predicted octanol–water partition coefficient (Wildman–Crippen LogP) is 2.27. The van der Waals surface area contributed by atoms with Crippen LogP contribution in [0.4, 0.5) is 4.79 Å². The lowest BCUT2D eigenvalue weighted by Crippen LogP contribution is -2.50. The highest BCUT2D eigenvalue weighted by Gasteiger charge is 2.38. The van der Waals surface area contributed by atoms with E-state index < -0.39 is 0 Å². The van der Waals surface area contributed by atoms with Crippen LogP contribution in [0.15, 0.2) is 24.5 Å². The van der Waals surface area contributed by atoms with E-state index >= 15 is 0 Å². The number of nitrogens with one attached hydrogen (secondary N) is 1. The van der Waals surface area contributed by atoms with Crippen LogP contribution in [-0.2, 0) is 0 Å². The van der Waals surface area contributed by atoms with Crippen LogP contribution in [0.1, 0.15) is 48.9 Å². The molecular formula is C19H26N4O2. The molecule has 0 bridgehead atoms. The molecule has 1 saturated carbocycles. The number of rotatable bonds is 3. The minimum atomic E-state index is -0.00151. The Labute approximate surface area is 148 Å². The number of pyridine rings is 1. The number of hydrogen-bond acceptors (Lipinski definition) is 3. The molecule has 4 rings (SSSR count). The summed E-state index contributed by atoms with van der Waals surface area (Å²) in [6.45, 7) is 2.14. The SMILES string of the molecule is O=C(c1cccnc1)N1CCC(NC(=O)N2CCCC2C2CCC2)C1. The first-order valence-corrected chi connectivity index (χ1v) is 9.49. The lowest BCUT2D eigenvalue weighted by Gasteiger charge is -2.37. The molecule has 1 aromatic rings. The minimum Gasteiger partial charge on any atom is -0.336 e. The van der Waals surface area contributed by atoms with Crippen molar-refractivity contribution in [3.05, 3.63) is 30.1 Å². The maximum Gasteiger partial charge on any atom is 0.317 e. The van der Waals surface area contributed by atoms with Crippen LogP contribution in [0, 0.1) is 5.92 Å². The van der Waals surface area contributed by atoms with Crippen LogP contribution in [0.3, 0.4) is 0 Å². The summed E-state index contributed by atoms with van der Waals surface area (Å²) in [5, 5.41) is 3.17. The zero-order valence-corrected chi connectivity index (χ0v) is 14.6. The summed E-state index contributed by atoms with van der Waals surface area (Å²) in [5.74, 6) is 0.707. The Morgan fingerprint density at radius 3 is 2.72 bits per heavy atom. The number of nitrogens with zero attached hydrogens (tertiary/aromatic N) is 3. The number of hydrogen-bond donors (Lipinski definition) is 1. The molecular weight excluding hydrogens is 316 g/mol. The Morgan fingerprint density at radius 1 is 1.12 bits per heavy atom. The standard InChI is InChI=1S/C19H26N4O2/c24-18(15-6-2-9-20-12-15)22-11-8-16(13-22)21-19(25)23-10-3-7-17(23)14-4-1-5-14/h2,6,9,12,14,16-17H,1,3-5,7-8,10-11,13H2,(H,21,25). The Bertz CT molecular complexity index is 632. The second-order valence-electron chi connectivity index (χ2n) is 7.52. The lowest BCUT2D eigenvalue weighted by atomic mass is 9.79. The number of carbonyl (C=O) groups is 2. The summed E-state index contributed by atoms with van der Waals surface area (Å²) in [6, 6.07) is 4.11. The van der Waals surface area contributed by atoms with Gasteiger partial charge in [0.2, 0.25) is 0 Å². The summed E-state index contributed by atoms with van der Waals surface area (Å²) >= 11 is 0. The summed E-state index contributed by atoms with van der Waals surface area (Å²) < 4.78 is 0. The van der Waals surface area contributed by atoms with Gasteiger partial charge in [0.05, 0.1) is 5.56 Å². The van der Waals surface area contributed by atoms with Gasteiger partial charge in [-0.3, -0.25) is 9.78 Å². The van der Waals surface area contributed by atoms with Gasteiger partial charge in [0.25, 0.3) is 5.91 Å². The monoisotopic (exact) mass is 342 g/mol. The number of urea groups is 1. The van der Waals surface area contributed by atoms with E-state index in [0.29, 0.717) is 30.6 Å². The van der Waals surface area contributed by atoms with Gasteiger partial charge in [0.15, 0.2) is 0 Å². The third kappa shape index (κ3) is 3.34. The van der Waals surface area contributed by atoms with Crippen molar-refractivity contribution in [2.24, 2.45) is 5.92 Å². The van der Waals surface area contributed by atoms with Crippen molar-refractivity contribution >= 4 is 11.9 Å². The first-order chi connectivity index (χ1) is 12.2. The Morgan fingerprint density at radius 2 is 2.00 bits per heavy atom. The van der Waals surface area contributed by atoms with E-state index in [1.807, 2.05) is 4.90 Å². The van der Waals surface area contributed by atoms with Gasteiger partial charge in [-0.1, -0.05) is 6.42 Å². The third-order valence-corrected chi connectivity index (χ3v) is 5.97. The highest BCUT2D eigenvalue weighted by atomic mass is 16.2. The average Bonchev–Trinajstić information content (AvgIpc) is 3.23. The molecule has 0 radical (unpaired) electrons. The fourth-order valence-electron chi connectivity index (χ4n) is 4.35. The van der Waals surface area contributed by atoms with Crippen molar-refractivity contribution in [2.75, 3.05) is 19.6 Å². The van der Waals surface area contributed by atoms with Gasteiger partial charge in [-0.2, -0.15) is 0 Å². The van der Waals surface area contributed by atoms with E-state index in [4.69, 9.17) is 0 Å². The van der Waals surface area contributed by atoms with E-state index in [2.05, 4.69) is 15.2 Å². The number of amides is 3. The first-order valence-electron chi connectivity index (χ1n) is 9.49. The molecule has 3 amide bonds. The van der Waals surface area contributed by atoms with E-state index in [1.165, 1.54) is 19.3 Å². The van der Waals surface area contributed by atoms with Crippen LogP contribution in [0.2, 0.25) is 0 Å². The lowest BCUT2D eigenvalue weighted by molar-refractivity contribution is 0.0788. The van der Waals surface area contributed by atoms with Crippen molar-refractivity contribution in [1.29, 1.82) is 0 Å². The first kappa shape index (κ1) is 16.4. The maximum atomic E-state index is 12.7. The van der Waals surface area contributed by atoms with Crippen molar-refractivity contribution in [1.82, 2.24) is 20.1 Å². The van der Waals surface area contributed by atoms with Gasteiger partial charge in [-0.05, 0) is 50.2 Å². The predicted molar refractivity (Wildman–Crippen MR) is 94.1 cm³/mol. The molecule has 2 saturated heterocycles. The van der Waals surface area contributed by atoms with Crippen molar-refractivity contribution < 1.29 is 9.59 Å². The molecule has 1 N–H and O–H groups in total. The van der Waals surface area contributed by atoms with Gasteiger partial charge < -0.3 is 15.1 Å². The summed E-state index contributed by atoms with van der Waals surface area (Å²) in [6.07, 6.45) is 10.2. The van der Waals surface area contributed by atoms with Gasteiger partial charge >= 0.3 is 6.03 Å². The molecule has 0 aromatic carbocycles. The molecule has 25 heavy (non-hydrogen) atoms. The topological polar surface area (TPSA) is 65.5 Å². The van der Waals surface area contributed by atoms with Crippen molar-refractivity contribution in [3.8, 4) is 0 Å². The quantitative estimate of drug-likeness (QED) is 0.916. The molecule has 134 valence electrons. The molecule has 3 heterocycles. The van der Waals surface area contributed by atoms with Gasteiger partial charge in [0.1, 0.15) is 0 Å². The average molecular weight is 342 g/mol. The highest BCUT2D eigenvalue weighted by Crippen LogP contribution is 2.37.